The highest BCUT2D eigenvalue weighted by molar-refractivity contribution is 14.1. The maximum atomic E-state index is 13.2. The van der Waals surface area contributed by atoms with Crippen molar-refractivity contribution < 1.29 is 8.42 Å². The van der Waals surface area contributed by atoms with Gasteiger partial charge < -0.3 is 4.90 Å². The molecule has 0 aliphatic carbocycles. The van der Waals surface area contributed by atoms with E-state index < -0.39 is 9.84 Å². The molecule has 0 atom stereocenters. The summed E-state index contributed by atoms with van der Waals surface area (Å²) in [7, 11) is -3.26. The Morgan fingerprint density at radius 2 is 0.558 bits per heavy atom. The largest absolute Gasteiger partial charge is 0.372 e. The summed E-state index contributed by atoms with van der Waals surface area (Å²) < 4.78 is 29.4. The van der Waals surface area contributed by atoms with Crippen LogP contribution in [0.5, 0.6) is 0 Å². The molecule has 3 nitrogen and oxygen atoms in total. The fourth-order valence-electron chi connectivity index (χ4n) is 12.8. The first-order valence-electron chi connectivity index (χ1n) is 37.6. The average Bonchev–Trinajstić information content (AvgIpc) is 3.71. The Hall–Kier alpha value is -1.39. The summed E-state index contributed by atoms with van der Waals surface area (Å²) >= 11 is 5.23. The van der Waals surface area contributed by atoms with E-state index in [2.05, 4.69) is 119 Å². The van der Waals surface area contributed by atoms with Gasteiger partial charge >= 0.3 is 0 Å². The molecule has 6 heteroatoms. The summed E-state index contributed by atoms with van der Waals surface area (Å²) in [6.07, 6.45) is 77.6. The molecule has 492 valence electrons. The highest BCUT2D eigenvalue weighted by Gasteiger charge is 2.14. The van der Waals surface area contributed by atoms with E-state index in [0.717, 1.165) is 37.9 Å². The molecule has 0 aliphatic heterocycles. The third kappa shape index (κ3) is 42.6. The van der Waals surface area contributed by atoms with Crippen LogP contribution in [-0.2, 0) is 22.7 Å². The summed E-state index contributed by atoms with van der Waals surface area (Å²) in [6, 6.07) is 21.7. The number of nitrogens with zero attached hydrogens (tertiary/aromatic N) is 1. The Balaban J connectivity index is 1.32. The average molecular weight is 1430 g/mol. The number of anilines is 1. The number of aryl methyl sites for hydroxylation is 2. The smallest absolute Gasteiger partial charge is 0.178 e. The van der Waals surface area contributed by atoms with Crippen LogP contribution >= 0.6 is 45.2 Å². The van der Waals surface area contributed by atoms with Crippen molar-refractivity contribution in [1.82, 2.24) is 0 Å². The zero-order chi connectivity index (χ0) is 61.5. The molecule has 0 bridgehead atoms. The number of unbranched alkanes of at least 4 members (excludes halogenated alkanes) is 48. The first kappa shape index (κ1) is 78.9. The van der Waals surface area contributed by atoms with Gasteiger partial charge in [0.05, 0.1) is 10.6 Å². The minimum absolute atomic E-state index is 0.249. The lowest BCUT2D eigenvalue weighted by Gasteiger charge is -2.25. The van der Waals surface area contributed by atoms with Crippen molar-refractivity contribution in [3.63, 3.8) is 0 Å². The summed E-state index contributed by atoms with van der Waals surface area (Å²) in [4.78, 5) is 3.12. The molecular formula is C80H135I2NO2S. The predicted octanol–water partition coefficient (Wildman–Crippen LogP) is 27.8. The second-order valence-electron chi connectivity index (χ2n) is 26.7. The first-order chi connectivity index (χ1) is 42.3. The number of rotatable bonds is 62. The maximum Gasteiger partial charge on any atom is 0.178 e. The second-order valence-corrected chi connectivity index (χ2v) is 31.1. The second kappa shape index (κ2) is 56.4. The monoisotopic (exact) mass is 1430 g/mol. The third-order valence-corrected chi connectivity index (χ3v) is 22.5. The molecule has 0 heterocycles. The highest BCUT2D eigenvalue weighted by Crippen LogP contribution is 2.27. The zero-order valence-electron chi connectivity index (χ0n) is 56.7. The maximum absolute atomic E-state index is 13.2. The quantitative estimate of drug-likeness (QED) is 0.0321. The minimum Gasteiger partial charge on any atom is -0.372 e. The Kier molecular flexibility index (Phi) is 51.7. The lowest BCUT2D eigenvalue weighted by atomic mass is 10.0. The van der Waals surface area contributed by atoms with Crippen LogP contribution in [0.3, 0.4) is 0 Å². The van der Waals surface area contributed by atoms with Crippen molar-refractivity contribution in [2.75, 3.05) is 23.7 Å². The van der Waals surface area contributed by atoms with Gasteiger partial charge in [0.1, 0.15) is 0 Å². The third-order valence-electron chi connectivity index (χ3n) is 18.7. The molecule has 86 heavy (non-hydrogen) atoms. The van der Waals surface area contributed by atoms with E-state index in [1.165, 1.54) is 346 Å². The number of halogens is 2. The normalized spacial score (nSPS) is 11.9. The fourth-order valence-corrected chi connectivity index (χ4v) is 15.8. The molecule has 0 amide bonds. The zero-order valence-corrected chi connectivity index (χ0v) is 61.8. The van der Waals surface area contributed by atoms with Gasteiger partial charge in [-0.15, -0.1) is 0 Å². The van der Waals surface area contributed by atoms with Crippen molar-refractivity contribution in [3.8, 4) is 0 Å². The van der Waals surface area contributed by atoms with Crippen LogP contribution in [-0.4, -0.2) is 27.3 Å². The molecule has 3 aromatic rings. The molecule has 0 saturated heterocycles. The number of hydrogen-bond acceptors (Lipinski definition) is 3. The molecule has 0 aliphatic rings. The first-order valence-corrected chi connectivity index (χ1v) is 41.4. The van der Waals surface area contributed by atoms with E-state index in [1.807, 2.05) is 12.1 Å². The van der Waals surface area contributed by atoms with Crippen LogP contribution in [0.1, 0.15) is 377 Å². The van der Waals surface area contributed by atoms with Crippen LogP contribution in [0.4, 0.5) is 5.69 Å². The summed E-state index contributed by atoms with van der Waals surface area (Å²) in [5.74, 6) is 0.249. The Morgan fingerprint density at radius 1 is 0.314 bits per heavy atom. The standard InChI is InChI=1S/C80H135I2NO2S/c1-4-7-10-13-16-19-22-25-28-31-36-41-46-51-56-75-71-80(82)76(72-79(75)81)57-52-47-42-37-32-34-39-44-49-54-69-83(68-53-48-43-38-33-29-26-23-20-17-14-11-8-5-2)77-64-60-73(61-65-77)58-59-74-62-66-78(67-63-74)86(84,85)70-55-50-45-40-35-30-27-24-21-18-15-12-9-6-3/h58-67,71-72H,4-57,68-70H2,1-3H3/b59-58+. The summed E-state index contributed by atoms with van der Waals surface area (Å²) in [6.45, 7) is 9.18. The Bertz CT molecular complexity index is 2120. The number of sulfone groups is 1. The lowest BCUT2D eigenvalue weighted by molar-refractivity contribution is 0.531. The van der Waals surface area contributed by atoms with Gasteiger partial charge in [-0.2, -0.15) is 0 Å². The van der Waals surface area contributed by atoms with Crippen molar-refractivity contribution in [2.45, 2.75) is 372 Å². The number of benzene rings is 3. The Labute approximate surface area is 562 Å². The molecule has 0 N–H and O–H groups in total. The number of hydrogen-bond donors (Lipinski definition) is 0. The van der Waals surface area contributed by atoms with Gasteiger partial charge in [-0.3, -0.25) is 0 Å². The SMILES string of the molecule is CCCCCCCCCCCCCCCCc1cc(I)c(CCCCCCCCCCCCN(CCCCCCCCCCCCCCCC)c2ccc(/C=C/c3ccc(S(=O)(=O)CCCCCCCCCCCCCCCC)cc3)cc2)cc1I. The predicted molar refractivity (Wildman–Crippen MR) is 402 cm³/mol. The molecule has 0 spiro atoms. The molecule has 0 aromatic heterocycles. The van der Waals surface area contributed by atoms with E-state index in [0.29, 0.717) is 4.90 Å². The van der Waals surface area contributed by atoms with Crippen molar-refractivity contribution in [3.05, 3.63) is 90.1 Å². The van der Waals surface area contributed by atoms with Gasteiger partial charge in [0, 0.05) is 25.9 Å². The van der Waals surface area contributed by atoms with E-state index in [1.54, 1.807) is 23.3 Å². The van der Waals surface area contributed by atoms with Gasteiger partial charge in [-0.05, 0) is 149 Å². The minimum atomic E-state index is -3.26. The van der Waals surface area contributed by atoms with Crippen LogP contribution < -0.4 is 4.90 Å². The van der Waals surface area contributed by atoms with Gasteiger partial charge in [0.15, 0.2) is 9.84 Å². The van der Waals surface area contributed by atoms with Crippen LogP contribution in [0.25, 0.3) is 12.2 Å². The van der Waals surface area contributed by atoms with Crippen LogP contribution in [0.15, 0.2) is 65.6 Å². The van der Waals surface area contributed by atoms with Gasteiger partial charge in [0.2, 0.25) is 0 Å². The molecular weight excluding hydrogens is 1290 g/mol. The lowest BCUT2D eigenvalue weighted by Crippen LogP contribution is -2.25. The topological polar surface area (TPSA) is 37.4 Å². The van der Waals surface area contributed by atoms with Crippen molar-refractivity contribution >= 4 is 72.9 Å². The molecule has 0 saturated carbocycles. The van der Waals surface area contributed by atoms with Crippen LogP contribution in [0.2, 0.25) is 0 Å². The van der Waals surface area contributed by atoms with Crippen molar-refractivity contribution in [1.29, 1.82) is 0 Å². The van der Waals surface area contributed by atoms with E-state index >= 15 is 0 Å². The van der Waals surface area contributed by atoms with E-state index in [9.17, 15) is 8.42 Å². The molecule has 0 radical (unpaired) electrons. The van der Waals surface area contributed by atoms with E-state index in [-0.39, 0.29) is 5.75 Å². The van der Waals surface area contributed by atoms with Gasteiger partial charge in [-0.25, -0.2) is 8.42 Å². The molecule has 0 fully saturated rings. The fraction of sp³-hybridized carbons (Fsp3) is 0.750. The Morgan fingerprint density at radius 3 is 0.849 bits per heavy atom. The molecule has 3 rings (SSSR count). The van der Waals surface area contributed by atoms with Crippen LogP contribution in [0, 0.1) is 7.14 Å². The molecule has 0 unspecified atom stereocenters. The van der Waals surface area contributed by atoms with Crippen molar-refractivity contribution in [2.24, 2.45) is 0 Å². The van der Waals surface area contributed by atoms with Gasteiger partial charge in [-0.1, -0.05) is 359 Å². The summed E-state index contributed by atoms with van der Waals surface area (Å²) in [5, 5.41) is 0. The summed E-state index contributed by atoms with van der Waals surface area (Å²) in [5.41, 5.74) is 6.71. The molecule has 3 aromatic carbocycles. The highest BCUT2D eigenvalue weighted by atomic mass is 127. The van der Waals surface area contributed by atoms with Gasteiger partial charge in [0.25, 0.3) is 0 Å². The van der Waals surface area contributed by atoms with E-state index in [4.69, 9.17) is 0 Å².